The summed E-state index contributed by atoms with van der Waals surface area (Å²) in [6.07, 6.45) is 1.83. The van der Waals surface area contributed by atoms with Crippen molar-refractivity contribution in [3.8, 4) is 5.75 Å². The number of hydrogen-bond donors (Lipinski definition) is 2. The molecule has 20 heavy (non-hydrogen) atoms. The first-order valence-corrected chi connectivity index (χ1v) is 6.63. The molecule has 1 aliphatic heterocycles. The lowest BCUT2D eigenvalue weighted by Gasteiger charge is -2.31. The summed E-state index contributed by atoms with van der Waals surface area (Å²) < 4.78 is 5.28. The van der Waals surface area contributed by atoms with Crippen LogP contribution >= 0.6 is 0 Å². The molecule has 1 atom stereocenters. The summed E-state index contributed by atoms with van der Waals surface area (Å²) >= 11 is 0. The third-order valence-electron chi connectivity index (χ3n) is 3.23. The largest absolute Gasteiger partial charge is 0.483 e. The highest BCUT2D eigenvalue weighted by Gasteiger charge is 2.24. The van der Waals surface area contributed by atoms with E-state index in [1.165, 1.54) is 0 Å². The van der Waals surface area contributed by atoms with Gasteiger partial charge in [-0.3, -0.25) is 9.59 Å². The lowest BCUT2D eigenvalue weighted by molar-refractivity contribution is -0.119. The summed E-state index contributed by atoms with van der Waals surface area (Å²) in [5, 5.41) is 0. The number of amides is 2. The van der Waals surface area contributed by atoms with Crippen molar-refractivity contribution in [1.82, 2.24) is 4.90 Å². The van der Waals surface area contributed by atoms with Gasteiger partial charge in [-0.05, 0) is 25.0 Å². The van der Waals surface area contributed by atoms with Crippen molar-refractivity contribution in [3.63, 3.8) is 0 Å². The first kappa shape index (κ1) is 14.3. The van der Waals surface area contributed by atoms with Gasteiger partial charge in [-0.15, -0.1) is 0 Å². The van der Waals surface area contributed by atoms with E-state index in [0.29, 0.717) is 24.4 Å². The van der Waals surface area contributed by atoms with Crippen molar-refractivity contribution >= 4 is 11.8 Å². The molecule has 6 nitrogen and oxygen atoms in total. The Kier molecular flexibility index (Phi) is 4.57. The standard InChI is InChI=1S/C14H19N3O3/c15-10-4-3-7-17(8-10)14(19)11-5-1-2-6-12(11)20-9-13(16)18/h1-2,5-6,10H,3-4,7-9,15H2,(H2,16,18)/t10-/m1/s1. The molecule has 1 aromatic carbocycles. The van der Waals surface area contributed by atoms with E-state index in [1.54, 1.807) is 29.2 Å². The molecular formula is C14H19N3O3. The number of nitrogens with zero attached hydrogens (tertiary/aromatic N) is 1. The Bertz CT molecular complexity index is 504. The maximum absolute atomic E-state index is 12.5. The van der Waals surface area contributed by atoms with Crippen LogP contribution in [0.1, 0.15) is 23.2 Å². The highest BCUT2D eigenvalue weighted by Crippen LogP contribution is 2.21. The van der Waals surface area contributed by atoms with Crippen molar-refractivity contribution < 1.29 is 14.3 Å². The van der Waals surface area contributed by atoms with Crippen LogP contribution in [-0.2, 0) is 4.79 Å². The highest BCUT2D eigenvalue weighted by atomic mass is 16.5. The zero-order valence-electron chi connectivity index (χ0n) is 11.2. The van der Waals surface area contributed by atoms with Crippen molar-refractivity contribution in [2.24, 2.45) is 11.5 Å². The van der Waals surface area contributed by atoms with E-state index in [4.69, 9.17) is 16.2 Å². The molecule has 1 heterocycles. The van der Waals surface area contributed by atoms with Gasteiger partial charge >= 0.3 is 0 Å². The molecule has 0 aromatic heterocycles. The smallest absolute Gasteiger partial charge is 0.257 e. The van der Waals surface area contributed by atoms with Gasteiger partial charge in [0.05, 0.1) is 5.56 Å². The Morgan fingerprint density at radius 3 is 2.80 bits per heavy atom. The predicted molar refractivity (Wildman–Crippen MR) is 74.2 cm³/mol. The van der Waals surface area contributed by atoms with Crippen LogP contribution in [0, 0.1) is 0 Å². The molecule has 1 aliphatic rings. The number of carbonyl (C=O) groups is 2. The Balaban J connectivity index is 2.14. The lowest BCUT2D eigenvalue weighted by Crippen LogP contribution is -2.45. The molecule has 6 heteroatoms. The lowest BCUT2D eigenvalue weighted by atomic mass is 10.0. The molecule has 2 rings (SSSR count). The monoisotopic (exact) mass is 277 g/mol. The molecule has 0 spiro atoms. The molecular weight excluding hydrogens is 258 g/mol. The second kappa shape index (κ2) is 6.38. The molecule has 4 N–H and O–H groups in total. The van der Waals surface area contributed by atoms with Crippen LogP contribution in [0.25, 0.3) is 0 Å². The Hall–Kier alpha value is -2.08. The topological polar surface area (TPSA) is 98.7 Å². The maximum Gasteiger partial charge on any atom is 0.257 e. The van der Waals surface area contributed by atoms with E-state index in [-0.39, 0.29) is 18.6 Å². The summed E-state index contributed by atoms with van der Waals surface area (Å²) in [5.41, 5.74) is 11.4. The summed E-state index contributed by atoms with van der Waals surface area (Å²) in [4.78, 5) is 25.0. The Morgan fingerprint density at radius 2 is 2.10 bits per heavy atom. The number of benzene rings is 1. The van der Waals surface area contributed by atoms with Gasteiger partial charge in [0.25, 0.3) is 11.8 Å². The molecule has 0 radical (unpaired) electrons. The minimum atomic E-state index is -0.577. The van der Waals surface area contributed by atoms with E-state index >= 15 is 0 Å². The minimum Gasteiger partial charge on any atom is -0.483 e. The van der Waals surface area contributed by atoms with Crippen LogP contribution in [0.15, 0.2) is 24.3 Å². The molecule has 1 saturated heterocycles. The molecule has 1 fully saturated rings. The van der Waals surface area contributed by atoms with Crippen LogP contribution < -0.4 is 16.2 Å². The van der Waals surface area contributed by atoms with Crippen LogP contribution in [0.3, 0.4) is 0 Å². The van der Waals surface area contributed by atoms with Crippen molar-refractivity contribution in [1.29, 1.82) is 0 Å². The number of likely N-dealkylation sites (tertiary alicyclic amines) is 1. The number of para-hydroxylation sites is 1. The fraction of sp³-hybridized carbons (Fsp3) is 0.429. The first-order valence-electron chi connectivity index (χ1n) is 6.63. The molecule has 0 bridgehead atoms. The summed E-state index contributed by atoms with van der Waals surface area (Å²) in [7, 11) is 0. The zero-order chi connectivity index (χ0) is 14.5. The summed E-state index contributed by atoms with van der Waals surface area (Å²) in [6, 6.07) is 6.86. The average Bonchev–Trinajstić information content (AvgIpc) is 2.44. The SMILES string of the molecule is NC(=O)COc1ccccc1C(=O)N1CCC[C@@H](N)C1. The molecule has 0 unspecified atom stereocenters. The average molecular weight is 277 g/mol. The van der Waals surface area contributed by atoms with E-state index in [0.717, 1.165) is 12.8 Å². The van der Waals surface area contributed by atoms with Crippen molar-refractivity contribution in [2.75, 3.05) is 19.7 Å². The van der Waals surface area contributed by atoms with Gasteiger partial charge in [-0.1, -0.05) is 12.1 Å². The number of ether oxygens (including phenoxy) is 1. The highest BCUT2D eigenvalue weighted by molar-refractivity contribution is 5.97. The fourth-order valence-corrected chi connectivity index (χ4v) is 2.28. The van der Waals surface area contributed by atoms with Gasteiger partial charge < -0.3 is 21.1 Å². The third-order valence-corrected chi connectivity index (χ3v) is 3.23. The number of nitrogens with two attached hydrogens (primary N) is 2. The second-order valence-corrected chi connectivity index (χ2v) is 4.90. The maximum atomic E-state index is 12.5. The van der Waals surface area contributed by atoms with Gasteiger partial charge in [0.15, 0.2) is 6.61 Å². The number of carbonyl (C=O) groups excluding carboxylic acids is 2. The van der Waals surface area contributed by atoms with E-state index < -0.39 is 5.91 Å². The van der Waals surface area contributed by atoms with E-state index in [9.17, 15) is 9.59 Å². The molecule has 0 saturated carbocycles. The third kappa shape index (κ3) is 3.48. The predicted octanol–water partition coefficient (Wildman–Crippen LogP) is 0.114. The number of hydrogen-bond acceptors (Lipinski definition) is 4. The normalized spacial score (nSPS) is 18.6. The zero-order valence-corrected chi connectivity index (χ0v) is 11.2. The number of primary amides is 1. The van der Waals surface area contributed by atoms with Crippen LogP contribution in [0.2, 0.25) is 0 Å². The molecule has 0 aliphatic carbocycles. The summed E-state index contributed by atoms with van der Waals surface area (Å²) in [5.74, 6) is -0.331. The van der Waals surface area contributed by atoms with Gasteiger partial charge in [0.1, 0.15) is 5.75 Å². The minimum absolute atomic E-state index is 0.0198. The quantitative estimate of drug-likeness (QED) is 0.816. The van der Waals surface area contributed by atoms with Gasteiger partial charge in [-0.25, -0.2) is 0 Å². The van der Waals surface area contributed by atoms with Crippen LogP contribution in [-0.4, -0.2) is 42.5 Å². The van der Waals surface area contributed by atoms with E-state index in [2.05, 4.69) is 0 Å². The number of rotatable bonds is 4. The van der Waals surface area contributed by atoms with Gasteiger partial charge in [0, 0.05) is 19.1 Å². The molecule has 108 valence electrons. The van der Waals surface area contributed by atoms with E-state index in [1.807, 2.05) is 0 Å². The Labute approximate surface area is 117 Å². The molecule has 2 amide bonds. The second-order valence-electron chi connectivity index (χ2n) is 4.90. The van der Waals surface area contributed by atoms with Crippen molar-refractivity contribution in [2.45, 2.75) is 18.9 Å². The van der Waals surface area contributed by atoms with Crippen LogP contribution in [0.5, 0.6) is 5.75 Å². The Morgan fingerprint density at radius 1 is 1.35 bits per heavy atom. The fourth-order valence-electron chi connectivity index (χ4n) is 2.28. The number of piperidine rings is 1. The van der Waals surface area contributed by atoms with Crippen molar-refractivity contribution in [3.05, 3.63) is 29.8 Å². The molecule has 1 aromatic rings. The van der Waals surface area contributed by atoms with Gasteiger partial charge in [-0.2, -0.15) is 0 Å². The summed E-state index contributed by atoms with van der Waals surface area (Å²) in [6.45, 7) is 0.990. The van der Waals surface area contributed by atoms with Gasteiger partial charge in [0.2, 0.25) is 0 Å². The first-order chi connectivity index (χ1) is 9.58. The van der Waals surface area contributed by atoms with Crippen LogP contribution in [0.4, 0.5) is 0 Å².